The van der Waals surface area contributed by atoms with Crippen LogP contribution in [0.25, 0.3) is 0 Å². The number of ether oxygens (including phenoxy) is 1. The minimum atomic E-state index is -3.66. The average Bonchev–Trinajstić information content (AvgIpc) is 2.59. The Morgan fingerprint density at radius 3 is 2.22 bits per heavy atom. The molecule has 2 rings (SSSR count). The quantitative estimate of drug-likeness (QED) is 0.785. The average molecular weight is 391 g/mol. The molecule has 0 aliphatic carbocycles. The van der Waals surface area contributed by atoms with E-state index in [0.717, 1.165) is 17.4 Å². The molecular formula is C20H26N2O4S. The summed E-state index contributed by atoms with van der Waals surface area (Å²) in [6.07, 6.45) is 1.43. The van der Waals surface area contributed by atoms with Crippen LogP contribution in [0.5, 0.6) is 5.75 Å². The molecule has 2 aromatic carbocycles. The fraction of sp³-hybridized carbons (Fsp3) is 0.350. The molecule has 1 atom stereocenters. The number of methoxy groups -OCH3 is 1. The molecule has 0 aromatic heterocycles. The largest absolute Gasteiger partial charge is 0.495 e. The molecule has 2 aromatic rings. The standard InChI is InChI=1S/C20H26N2O4S/c1-6-18(20(23)21-17-13-15(3)9-12-19(17)26-4)22(27(5,24)25)16-10-7-14(2)8-11-16/h7-13,18H,6H2,1-5H3,(H,21,23)/t18-/m1/s1. The van der Waals surface area contributed by atoms with Gasteiger partial charge in [-0.2, -0.15) is 0 Å². The molecule has 0 saturated carbocycles. The van der Waals surface area contributed by atoms with Gasteiger partial charge in [-0.25, -0.2) is 8.42 Å². The topological polar surface area (TPSA) is 75.7 Å². The predicted molar refractivity (Wildman–Crippen MR) is 109 cm³/mol. The summed E-state index contributed by atoms with van der Waals surface area (Å²) in [6, 6.07) is 11.6. The number of hydrogen-bond acceptors (Lipinski definition) is 4. The number of carbonyl (C=O) groups is 1. The van der Waals surface area contributed by atoms with Gasteiger partial charge in [0.05, 0.1) is 24.7 Å². The van der Waals surface area contributed by atoms with Crippen LogP contribution in [0.4, 0.5) is 11.4 Å². The number of nitrogens with zero attached hydrogens (tertiary/aromatic N) is 1. The maximum Gasteiger partial charge on any atom is 0.248 e. The molecule has 7 heteroatoms. The first kappa shape index (κ1) is 20.8. The molecule has 146 valence electrons. The summed E-state index contributed by atoms with van der Waals surface area (Å²) in [5, 5.41) is 2.82. The van der Waals surface area contributed by atoms with Gasteiger partial charge in [-0.05, 0) is 50.1 Å². The van der Waals surface area contributed by atoms with Crippen molar-refractivity contribution in [1.29, 1.82) is 0 Å². The highest BCUT2D eigenvalue weighted by molar-refractivity contribution is 7.92. The van der Waals surface area contributed by atoms with Crippen LogP contribution in [-0.2, 0) is 14.8 Å². The Hall–Kier alpha value is -2.54. The van der Waals surface area contributed by atoms with Crippen LogP contribution in [0.15, 0.2) is 42.5 Å². The van der Waals surface area contributed by atoms with E-state index in [9.17, 15) is 13.2 Å². The third-order valence-electron chi connectivity index (χ3n) is 4.23. The molecule has 1 N–H and O–H groups in total. The Morgan fingerprint density at radius 2 is 1.70 bits per heavy atom. The SMILES string of the molecule is CC[C@H](C(=O)Nc1cc(C)ccc1OC)N(c1ccc(C)cc1)S(C)(=O)=O. The second-order valence-corrected chi connectivity index (χ2v) is 8.37. The molecule has 0 unspecified atom stereocenters. The first-order valence-corrected chi connectivity index (χ1v) is 10.5. The second kappa shape index (κ2) is 8.43. The van der Waals surface area contributed by atoms with E-state index in [1.807, 2.05) is 32.0 Å². The van der Waals surface area contributed by atoms with Crippen molar-refractivity contribution in [3.8, 4) is 5.75 Å². The molecular weight excluding hydrogens is 364 g/mol. The Bertz CT molecular complexity index is 908. The zero-order chi connectivity index (χ0) is 20.2. The third-order valence-corrected chi connectivity index (χ3v) is 5.41. The Balaban J connectivity index is 2.41. The van der Waals surface area contributed by atoms with E-state index in [4.69, 9.17) is 4.74 Å². The second-order valence-electron chi connectivity index (χ2n) is 6.51. The molecule has 6 nitrogen and oxygen atoms in total. The summed E-state index contributed by atoms with van der Waals surface area (Å²) >= 11 is 0. The lowest BCUT2D eigenvalue weighted by atomic mass is 10.1. The predicted octanol–water partition coefficient (Wildman–Crippen LogP) is 3.50. The van der Waals surface area contributed by atoms with Gasteiger partial charge in [0.2, 0.25) is 15.9 Å². The zero-order valence-corrected chi connectivity index (χ0v) is 17.1. The Labute approximate surface area is 161 Å². The number of carbonyl (C=O) groups excluding carboxylic acids is 1. The highest BCUT2D eigenvalue weighted by atomic mass is 32.2. The Kier molecular flexibility index (Phi) is 6.49. The lowest BCUT2D eigenvalue weighted by Gasteiger charge is -2.30. The van der Waals surface area contributed by atoms with Gasteiger partial charge in [-0.15, -0.1) is 0 Å². The number of hydrogen-bond donors (Lipinski definition) is 1. The minimum absolute atomic E-state index is 0.320. The van der Waals surface area contributed by atoms with Crippen molar-refractivity contribution in [2.24, 2.45) is 0 Å². The molecule has 0 radical (unpaired) electrons. The minimum Gasteiger partial charge on any atom is -0.495 e. The van der Waals surface area contributed by atoms with Crippen molar-refractivity contribution >= 4 is 27.3 Å². The monoisotopic (exact) mass is 390 g/mol. The summed E-state index contributed by atoms with van der Waals surface area (Å²) < 4.78 is 31.4. The van der Waals surface area contributed by atoms with E-state index >= 15 is 0 Å². The maximum absolute atomic E-state index is 13.0. The molecule has 0 saturated heterocycles. The van der Waals surface area contributed by atoms with Gasteiger partial charge in [0.15, 0.2) is 0 Å². The van der Waals surface area contributed by atoms with Gasteiger partial charge in [-0.3, -0.25) is 9.10 Å². The third kappa shape index (κ3) is 5.01. The van der Waals surface area contributed by atoms with Crippen LogP contribution in [0.2, 0.25) is 0 Å². The highest BCUT2D eigenvalue weighted by Crippen LogP contribution is 2.28. The summed E-state index contributed by atoms with van der Waals surface area (Å²) in [5.74, 6) is 0.109. The van der Waals surface area contributed by atoms with Crippen molar-refractivity contribution in [2.75, 3.05) is 23.0 Å². The molecule has 0 aliphatic heterocycles. The van der Waals surface area contributed by atoms with Crippen molar-refractivity contribution in [3.05, 3.63) is 53.6 Å². The van der Waals surface area contributed by atoms with Crippen LogP contribution in [-0.4, -0.2) is 33.7 Å². The van der Waals surface area contributed by atoms with Crippen LogP contribution in [0, 0.1) is 13.8 Å². The van der Waals surface area contributed by atoms with Gasteiger partial charge < -0.3 is 10.1 Å². The number of anilines is 2. The van der Waals surface area contributed by atoms with E-state index in [1.54, 1.807) is 31.2 Å². The number of benzene rings is 2. The molecule has 0 bridgehead atoms. The van der Waals surface area contributed by atoms with Crippen molar-refractivity contribution in [3.63, 3.8) is 0 Å². The summed E-state index contributed by atoms with van der Waals surface area (Å²) in [6.45, 7) is 5.61. The number of rotatable bonds is 7. The zero-order valence-electron chi connectivity index (χ0n) is 16.3. The fourth-order valence-electron chi connectivity index (χ4n) is 2.89. The number of sulfonamides is 1. The fourth-order valence-corrected chi connectivity index (χ4v) is 4.10. The summed E-state index contributed by atoms with van der Waals surface area (Å²) in [7, 11) is -2.14. The van der Waals surface area contributed by atoms with E-state index in [-0.39, 0.29) is 0 Å². The molecule has 27 heavy (non-hydrogen) atoms. The van der Waals surface area contributed by atoms with E-state index in [0.29, 0.717) is 23.5 Å². The van der Waals surface area contributed by atoms with Gasteiger partial charge in [0.25, 0.3) is 0 Å². The van der Waals surface area contributed by atoms with Crippen molar-refractivity contribution in [2.45, 2.75) is 33.2 Å². The van der Waals surface area contributed by atoms with Crippen LogP contribution in [0.3, 0.4) is 0 Å². The van der Waals surface area contributed by atoms with E-state index in [2.05, 4.69) is 5.32 Å². The lowest BCUT2D eigenvalue weighted by molar-refractivity contribution is -0.117. The van der Waals surface area contributed by atoms with Crippen LogP contribution < -0.4 is 14.4 Å². The summed E-state index contributed by atoms with van der Waals surface area (Å²) in [4.78, 5) is 13.0. The Morgan fingerprint density at radius 1 is 1.11 bits per heavy atom. The van der Waals surface area contributed by atoms with Crippen LogP contribution >= 0.6 is 0 Å². The number of nitrogens with one attached hydrogen (secondary N) is 1. The van der Waals surface area contributed by atoms with Crippen molar-refractivity contribution in [1.82, 2.24) is 0 Å². The van der Waals surface area contributed by atoms with Crippen LogP contribution in [0.1, 0.15) is 24.5 Å². The van der Waals surface area contributed by atoms with Crippen molar-refractivity contribution < 1.29 is 17.9 Å². The van der Waals surface area contributed by atoms with E-state index < -0.39 is 22.0 Å². The number of amides is 1. The van der Waals surface area contributed by atoms with E-state index in [1.165, 1.54) is 11.4 Å². The first-order valence-electron chi connectivity index (χ1n) is 8.69. The summed E-state index contributed by atoms with van der Waals surface area (Å²) in [5.41, 5.74) is 2.94. The first-order chi connectivity index (χ1) is 12.7. The molecule has 1 amide bonds. The molecule has 0 heterocycles. The highest BCUT2D eigenvalue weighted by Gasteiger charge is 2.31. The smallest absolute Gasteiger partial charge is 0.248 e. The normalized spacial score (nSPS) is 12.3. The molecule has 0 aliphatic rings. The molecule has 0 fully saturated rings. The number of aryl methyl sites for hydroxylation is 2. The van der Waals surface area contributed by atoms with Gasteiger partial charge in [-0.1, -0.05) is 30.7 Å². The van der Waals surface area contributed by atoms with Gasteiger partial charge >= 0.3 is 0 Å². The lowest BCUT2D eigenvalue weighted by Crippen LogP contribution is -2.47. The van der Waals surface area contributed by atoms with Gasteiger partial charge in [0.1, 0.15) is 11.8 Å². The van der Waals surface area contributed by atoms with Gasteiger partial charge in [0, 0.05) is 0 Å². The molecule has 0 spiro atoms. The maximum atomic E-state index is 13.0.